The van der Waals surface area contributed by atoms with Gasteiger partial charge in [-0.25, -0.2) is 0 Å². The van der Waals surface area contributed by atoms with Gasteiger partial charge in [-0.15, -0.1) is 0 Å². The maximum atomic E-state index is 9.33. The molecule has 0 saturated carbocycles. The summed E-state index contributed by atoms with van der Waals surface area (Å²) in [6, 6.07) is 31.2. The molecule has 1 atom stereocenters. The van der Waals surface area contributed by atoms with E-state index in [4.69, 9.17) is 4.98 Å². The topological polar surface area (TPSA) is 12.9 Å². The summed E-state index contributed by atoms with van der Waals surface area (Å²) < 4.78 is 9.33. The average Bonchev–Trinajstić information content (AvgIpc) is 2.79. The predicted molar refractivity (Wildman–Crippen MR) is 132 cm³/mol. The number of rotatable bonds is 5. The number of aromatic nitrogens is 1. The van der Waals surface area contributed by atoms with Crippen molar-refractivity contribution < 1.29 is 1.37 Å². The fraction of sp³-hybridized carbons (Fsp3) is 0.179. The highest BCUT2D eigenvalue weighted by atomic mass is 28.3. The molecule has 0 bridgehead atoms. The molecule has 4 aromatic rings. The summed E-state index contributed by atoms with van der Waals surface area (Å²) in [5, 5.41) is 1.25. The molecule has 150 valence electrons. The van der Waals surface area contributed by atoms with Gasteiger partial charge in [0.25, 0.3) is 0 Å². The van der Waals surface area contributed by atoms with Crippen molar-refractivity contribution in [3.8, 4) is 22.4 Å². The van der Waals surface area contributed by atoms with Crippen LogP contribution in [0.5, 0.6) is 0 Å². The Hall–Kier alpha value is -2.97. The van der Waals surface area contributed by atoms with E-state index in [2.05, 4.69) is 86.4 Å². The van der Waals surface area contributed by atoms with Crippen LogP contribution in [-0.4, -0.2) is 13.1 Å². The third-order valence-corrected chi connectivity index (χ3v) is 7.63. The largest absolute Gasteiger partial charge is 0.256 e. The van der Waals surface area contributed by atoms with Crippen molar-refractivity contribution in [3.05, 3.63) is 108 Å². The summed E-state index contributed by atoms with van der Waals surface area (Å²) in [6.07, 6.45) is 2.03. The molecule has 0 saturated heterocycles. The smallest absolute Gasteiger partial charge is 0.0800 e. The second-order valence-corrected chi connectivity index (χ2v) is 13.8. The molecule has 1 aromatic heterocycles. The Morgan fingerprint density at radius 2 is 1.27 bits per heavy atom. The van der Waals surface area contributed by atoms with Crippen LogP contribution >= 0.6 is 0 Å². The second kappa shape index (κ2) is 8.41. The van der Waals surface area contributed by atoms with Crippen molar-refractivity contribution in [1.82, 2.24) is 4.98 Å². The van der Waals surface area contributed by atoms with Crippen LogP contribution in [0.4, 0.5) is 0 Å². The minimum Gasteiger partial charge on any atom is -0.256 e. The Kier molecular flexibility index (Phi) is 5.33. The third kappa shape index (κ3) is 4.29. The van der Waals surface area contributed by atoms with E-state index in [1.54, 1.807) is 0 Å². The van der Waals surface area contributed by atoms with Gasteiger partial charge < -0.3 is 0 Å². The lowest BCUT2D eigenvalue weighted by Crippen LogP contribution is -2.41. The van der Waals surface area contributed by atoms with Gasteiger partial charge in [-0.05, 0) is 33.5 Å². The molecule has 0 spiro atoms. The van der Waals surface area contributed by atoms with Gasteiger partial charge in [0.15, 0.2) is 0 Å². The highest BCUT2D eigenvalue weighted by Gasteiger charge is 2.24. The first-order valence-electron chi connectivity index (χ1n) is 11.0. The molecule has 0 aliphatic rings. The summed E-state index contributed by atoms with van der Waals surface area (Å²) in [4.78, 5) is 4.84. The van der Waals surface area contributed by atoms with E-state index >= 15 is 0 Å². The van der Waals surface area contributed by atoms with Gasteiger partial charge >= 0.3 is 0 Å². The van der Waals surface area contributed by atoms with Crippen molar-refractivity contribution in [2.45, 2.75) is 32.5 Å². The zero-order valence-corrected chi connectivity index (χ0v) is 19.2. The molecule has 0 aliphatic heterocycles. The molecular formula is C28H29NSi. The van der Waals surface area contributed by atoms with Gasteiger partial charge in [0.2, 0.25) is 0 Å². The fourth-order valence-electron chi connectivity index (χ4n) is 3.83. The monoisotopic (exact) mass is 408 g/mol. The van der Waals surface area contributed by atoms with Crippen molar-refractivity contribution in [1.29, 1.82) is 0 Å². The predicted octanol–water partition coefficient (Wildman–Crippen LogP) is 7.11. The highest BCUT2D eigenvalue weighted by Crippen LogP contribution is 2.29. The standard InChI is InChI=1S/C28H29NSi/c1-21(22-11-7-5-8-12-22)26-19-27(29-20-28(26)30(2,3)4)25-17-15-24(16-18-25)23-13-9-6-10-14-23/h5-21H,1-4H3/i21D. The van der Waals surface area contributed by atoms with Gasteiger partial charge in [0.1, 0.15) is 0 Å². The maximum Gasteiger partial charge on any atom is 0.0800 e. The Labute approximate surface area is 182 Å². The zero-order chi connectivity index (χ0) is 22.1. The van der Waals surface area contributed by atoms with Crippen LogP contribution in [0.2, 0.25) is 19.6 Å². The first-order chi connectivity index (χ1) is 14.8. The summed E-state index contributed by atoms with van der Waals surface area (Å²) in [5.41, 5.74) is 6.47. The molecule has 3 aromatic carbocycles. The molecule has 1 heterocycles. The molecule has 0 fully saturated rings. The molecular weight excluding hydrogens is 378 g/mol. The summed E-state index contributed by atoms with van der Waals surface area (Å²) in [6.45, 7) is 8.97. The Morgan fingerprint density at radius 1 is 0.733 bits per heavy atom. The van der Waals surface area contributed by atoms with Gasteiger partial charge in [-0.3, -0.25) is 4.98 Å². The first-order valence-corrected chi connectivity index (χ1v) is 14.0. The van der Waals surface area contributed by atoms with E-state index in [0.29, 0.717) is 0 Å². The quantitative estimate of drug-likeness (QED) is 0.321. The van der Waals surface area contributed by atoms with E-state index in [1.807, 2.05) is 37.4 Å². The van der Waals surface area contributed by atoms with Crippen LogP contribution < -0.4 is 5.19 Å². The maximum absolute atomic E-state index is 9.33. The van der Waals surface area contributed by atoms with Crippen LogP contribution in [0, 0.1) is 0 Å². The van der Waals surface area contributed by atoms with E-state index in [-0.39, 0.29) is 0 Å². The molecule has 0 aliphatic carbocycles. The van der Waals surface area contributed by atoms with Crippen LogP contribution in [0.25, 0.3) is 22.4 Å². The lowest BCUT2D eigenvalue weighted by molar-refractivity contribution is 0.925. The SMILES string of the molecule is [2H]C(C)(c1ccccc1)c1cc(-c2ccc(-c3ccccc3)cc2)ncc1[Si](C)(C)C. The van der Waals surface area contributed by atoms with E-state index in [9.17, 15) is 1.37 Å². The molecule has 1 unspecified atom stereocenters. The molecule has 2 heteroatoms. The summed E-state index contributed by atoms with van der Waals surface area (Å²) >= 11 is 0. The average molecular weight is 409 g/mol. The molecule has 0 radical (unpaired) electrons. The van der Waals surface area contributed by atoms with Gasteiger partial charge in [0.05, 0.1) is 13.8 Å². The summed E-state index contributed by atoms with van der Waals surface area (Å²) in [7, 11) is -1.68. The van der Waals surface area contributed by atoms with Gasteiger partial charge in [-0.1, -0.05) is 111 Å². The van der Waals surface area contributed by atoms with Crippen molar-refractivity contribution in [2.75, 3.05) is 0 Å². The van der Waals surface area contributed by atoms with Crippen LogP contribution in [0.1, 0.15) is 25.3 Å². The lowest BCUT2D eigenvalue weighted by atomic mass is 9.92. The molecule has 0 N–H and O–H groups in total. The molecule has 1 nitrogen and oxygen atoms in total. The van der Waals surface area contributed by atoms with Crippen molar-refractivity contribution >= 4 is 13.3 Å². The normalized spacial score (nSPS) is 14.1. The van der Waals surface area contributed by atoms with Gasteiger partial charge in [-0.2, -0.15) is 0 Å². The van der Waals surface area contributed by atoms with Crippen LogP contribution in [0.15, 0.2) is 97.2 Å². The Morgan fingerprint density at radius 3 is 1.87 bits per heavy atom. The lowest BCUT2D eigenvalue weighted by Gasteiger charge is -2.25. The molecule has 0 amide bonds. The van der Waals surface area contributed by atoms with E-state index < -0.39 is 14.0 Å². The zero-order valence-electron chi connectivity index (χ0n) is 19.2. The second-order valence-electron chi connectivity index (χ2n) is 8.80. The van der Waals surface area contributed by atoms with E-state index in [0.717, 1.165) is 22.4 Å². The number of nitrogens with zero attached hydrogens (tertiary/aromatic N) is 1. The van der Waals surface area contributed by atoms with Crippen LogP contribution in [0.3, 0.4) is 0 Å². The van der Waals surface area contributed by atoms with E-state index in [1.165, 1.54) is 16.3 Å². The van der Waals surface area contributed by atoms with Crippen molar-refractivity contribution in [2.24, 2.45) is 0 Å². The Bertz CT molecular complexity index is 1160. The number of hydrogen-bond donors (Lipinski definition) is 0. The van der Waals surface area contributed by atoms with Crippen LogP contribution in [-0.2, 0) is 0 Å². The molecule has 30 heavy (non-hydrogen) atoms. The minimum absolute atomic E-state index is 0.835. The van der Waals surface area contributed by atoms with Gasteiger partial charge in [0, 0.05) is 19.0 Å². The number of benzene rings is 3. The summed E-state index contributed by atoms with van der Waals surface area (Å²) in [5.74, 6) is -0.835. The third-order valence-electron chi connectivity index (χ3n) is 5.61. The highest BCUT2D eigenvalue weighted by molar-refractivity contribution is 6.89. The fourth-order valence-corrected chi connectivity index (χ4v) is 5.35. The van der Waals surface area contributed by atoms with Crippen molar-refractivity contribution in [3.63, 3.8) is 0 Å². The Balaban J connectivity index is 1.79. The first kappa shape index (κ1) is 19.0. The minimum atomic E-state index is -1.68. The number of hydrogen-bond acceptors (Lipinski definition) is 1. The molecule has 4 rings (SSSR count). The number of pyridine rings is 1.